The normalized spacial score (nSPS) is 12.9. The Bertz CT molecular complexity index is 323. The molecule has 0 saturated heterocycles. The summed E-state index contributed by atoms with van der Waals surface area (Å²) in [5.41, 5.74) is 2.01. The van der Waals surface area contributed by atoms with Gasteiger partial charge in [-0.1, -0.05) is 6.92 Å². The molecule has 84 valence electrons. The molecule has 1 heterocycles. The number of aromatic nitrogens is 1. The third-order valence-corrected chi connectivity index (χ3v) is 2.33. The Kier molecular flexibility index (Phi) is 4.09. The molecule has 0 aliphatic rings. The molecular weight excluding hydrogens is 188 g/mol. The summed E-state index contributed by atoms with van der Waals surface area (Å²) in [6, 6.07) is 2.35. The number of aliphatic hydroxyl groups is 1. The molecular formula is C12H20N2O. The first-order valence-corrected chi connectivity index (χ1v) is 5.45. The molecule has 1 atom stereocenters. The van der Waals surface area contributed by atoms with E-state index < -0.39 is 6.10 Å². The maximum atomic E-state index is 9.72. The summed E-state index contributed by atoms with van der Waals surface area (Å²) in [6.45, 7) is 8.11. The molecule has 0 fully saturated rings. The molecule has 1 aromatic heterocycles. The summed E-state index contributed by atoms with van der Waals surface area (Å²) in [4.78, 5) is 4.28. The smallest absolute Gasteiger partial charge is 0.126 e. The molecule has 3 nitrogen and oxygen atoms in total. The van der Waals surface area contributed by atoms with Crippen LogP contribution in [0.1, 0.15) is 44.4 Å². The Morgan fingerprint density at radius 2 is 2.13 bits per heavy atom. The summed E-state index contributed by atoms with van der Waals surface area (Å²) in [6.07, 6.45) is 2.08. The van der Waals surface area contributed by atoms with Crippen molar-refractivity contribution < 1.29 is 5.11 Å². The van der Waals surface area contributed by atoms with Crippen LogP contribution in [0.15, 0.2) is 12.3 Å². The van der Waals surface area contributed by atoms with Gasteiger partial charge in [-0.2, -0.15) is 0 Å². The van der Waals surface area contributed by atoms with Crippen molar-refractivity contribution >= 4 is 5.82 Å². The summed E-state index contributed by atoms with van der Waals surface area (Å²) >= 11 is 0. The van der Waals surface area contributed by atoms with Gasteiger partial charge in [0.05, 0.1) is 6.10 Å². The van der Waals surface area contributed by atoms with Crippen molar-refractivity contribution in [3.8, 4) is 0 Å². The quantitative estimate of drug-likeness (QED) is 0.799. The van der Waals surface area contributed by atoms with Gasteiger partial charge < -0.3 is 10.4 Å². The van der Waals surface area contributed by atoms with Gasteiger partial charge >= 0.3 is 0 Å². The molecule has 0 radical (unpaired) electrons. The number of hydrogen-bond acceptors (Lipinski definition) is 3. The Morgan fingerprint density at radius 1 is 1.47 bits per heavy atom. The van der Waals surface area contributed by atoms with Crippen molar-refractivity contribution in [1.82, 2.24) is 4.98 Å². The van der Waals surface area contributed by atoms with Crippen LogP contribution >= 0.6 is 0 Å². The van der Waals surface area contributed by atoms with E-state index in [1.54, 1.807) is 6.20 Å². The predicted octanol–water partition coefficient (Wildman–Crippen LogP) is 2.65. The van der Waals surface area contributed by atoms with E-state index in [9.17, 15) is 5.11 Å². The summed E-state index contributed by atoms with van der Waals surface area (Å²) in [5.74, 6) is 0.870. The lowest BCUT2D eigenvalue weighted by atomic mass is 10.0. The Morgan fingerprint density at radius 3 is 2.60 bits per heavy atom. The van der Waals surface area contributed by atoms with Gasteiger partial charge in [-0.3, -0.25) is 0 Å². The zero-order valence-electron chi connectivity index (χ0n) is 9.91. The van der Waals surface area contributed by atoms with E-state index in [-0.39, 0.29) is 0 Å². The van der Waals surface area contributed by atoms with Gasteiger partial charge in [-0.25, -0.2) is 4.98 Å². The average Bonchev–Trinajstić information content (AvgIpc) is 2.16. The number of aryl methyl sites for hydroxylation is 1. The van der Waals surface area contributed by atoms with Gasteiger partial charge in [0, 0.05) is 17.8 Å². The highest BCUT2D eigenvalue weighted by molar-refractivity contribution is 5.41. The van der Waals surface area contributed by atoms with E-state index in [1.165, 1.54) is 0 Å². The van der Waals surface area contributed by atoms with E-state index in [0.29, 0.717) is 6.04 Å². The molecule has 1 rings (SSSR count). The van der Waals surface area contributed by atoms with Crippen LogP contribution in [0.5, 0.6) is 0 Å². The first-order chi connectivity index (χ1) is 7.04. The van der Waals surface area contributed by atoms with Crippen molar-refractivity contribution in [2.45, 2.75) is 46.3 Å². The fourth-order valence-electron chi connectivity index (χ4n) is 1.51. The number of nitrogens with one attached hydrogen (secondary N) is 1. The average molecular weight is 208 g/mol. The Labute approximate surface area is 91.5 Å². The maximum absolute atomic E-state index is 9.72. The monoisotopic (exact) mass is 208 g/mol. The van der Waals surface area contributed by atoms with E-state index in [1.807, 2.05) is 19.9 Å². The molecule has 0 amide bonds. The van der Waals surface area contributed by atoms with E-state index >= 15 is 0 Å². The lowest BCUT2D eigenvalue weighted by Crippen LogP contribution is -2.11. The molecule has 0 bridgehead atoms. The van der Waals surface area contributed by atoms with Crippen LogP contribution in [0, 0.1) is 6.92 Å². The summed E-state index contributed by atoms with van der Waals surface area (Å²) in [5, 5.41) is 13.0. The van der Waals surface area contributed by atoms with Gasteiger partial charge in [0.25, 0.3) is 0 Å². The van der Waals surface area contributed by atoms with Crippen LogP contribution in [-0.4, -0.2) is 16.1 Å². The third kappa shape index (κ3) is 3.20. The number of anilines is 1. The largest absolute Gasteiger partial charge is 0.388 e. The molecule has 0 aliphatic carbocycles. The van der Waals surface area contributed by atoms with E-state index in [2.05, 4.69) is 24.1 Å². The Hall–Kier alpha value is -1.09. The second-order valence-corrected chi connectivity index (χ2v) is 4.15. The molecule has 0 saturated carbocycles. The zero-order chi connectivity index (χ0) is 11.4. The molecule has 0 unspecified atom stereocenters. The van der Waals surface area contributed by atoms with Crippen LogP contribution in [0.3, 0.4) is 0 Å². The van der Waals surface area contributed by atoms with Crippen LogP contribution in [0.25, 0.3) is 0 Å². The highest BCUT2D eigenvalue weighted by atomic mass is 16.3. The number of rotatable bonds is 4. The summed E-state index contributed by atoms with van der Waals surface area (Å²) in [7, 11) is 0. The fraction of sp³-hybridized carbons (Fsp3) is 0.583. The standard InChI is InChI=1S/C12H20N2O/c1-5-11(15)10-7-13-12(6-9(10)4)14-8(2)3/h6-8,11,15H,5H2,1-4H3,(H,13,14)/t11-/m1/s1. The number of aliphatic hydroxyl groups excluding tert-OH is 1. The third-order valence-electron chi connectivity index (χ3n) is 2.33. The highest BCUT2D eigenvalue weighted by Gasteiger charge is 2.09. The molecule has 1 aromatic rings. The van der Waals surface area contributed by atoms with Crippen LogP contribution < -0.4 is 5.32 Å². The van der Waals surface area contributed by atoms with Gasteiger partial charge in [0.1, 0.15) is 5.82 Å². The second kappa shape index (κ2) is 5.12. The van der Waals surface area contributed by atoms with Gasteiger partial charge in [0.2, 0.25) is 0 Å². The van der Waals surface area contributed by atoms with Crippen molar-refractivity contribution in [3.63, 3.8) is 0 Å². The van der Waals surface area contributed by atoms with Gasteiger partial charge in [-0.05, 0) is 38.8 Å². The molecule has 0 aliphatic heterocycles. The Balaban J connectivity index is 2.88. The molecule has 15 heavy (non-hydrogen) atoms. The minimum absolute atomic E-state index is 0.374. The van der Waals surface area contributed by atoms with Crippen LogP contribution in [0.2, 0.25) is 0 Å². The van der Waals surface area contributed by atoms with E-state index in [0.717, 1.165) is 23.4 Å². The maximum Gasteiger partial charge on any atom is 0.126 e. The molecule has 2 N–H and O–H groups in total. The van der Waals surface area contributed by atoms with Crippen molar-refractivity contribution in [1.29, 1.82) is 0 Å². The molecule has 0 aromatic carbocycles. The first kappa shape index (κ1) is 12.0. The fourth-order valence-corrected chi connectivity index (χ4v) is 1.51. The van der Waals surface area contributed by atoms with Gasteiger partial charge in [0.15, 0.2) is 0 Å². The minimum Gasteiger partial charge on any atom is -0.388 e. The zero-order valence-corrected chi connectivity index (χ0v) is 9.91. The highest BCUT2D eigenvalue weighted by Crippen LogP contribution is 2.21. The lowest BCUT2D eigenvalue weighted by Gasteiger charge is -2.14. The lowest BCUT2D eigenvalue weighted by molar-refractivity contribution is 0.172. The number of hydrogen-bond donors (Lipinski definition) is 2. The topological polar surface area (TPSA) is 45.2 Å². The second-order valence-electron chi connectivity index (χ2n) is 4.15. The number of pyridine rings is 1. The van der Waals surface area contributed by atoms with E-state index in [4.69, 9.17) is 0 Å². The SMILES string of the molecule is CC[C@@H](O)c1cnc(NC(C)C)cc1C. The van der Waals surface area contributed by atoms with Crippen molar-refractivity contribution in [3.05, 3.63) is 23.4 Å². The minimum atomic E-state index is -0.398. The van der Waals surface area contributed by atoms with Crippen molar-refractivity contribution in [2.75, 3.05) is 5.32 Å². The number of nitrogens with zero attached hydrogens (tertiary/aromatic N) is 1. The molecule has 3 heteroatoms. The van der Waals surface area contributed by atoms with Gasteiger partial charge in [-0.15, -0.1) is 0 Å². The van der Waals surface area contributed by atoms with Crippen LogP contribution in [-0.2, 0) is 0 Å². The predicted molar refractivity (Wildman–Crippen MR) is 63.0 cm³/mol. The first-order valence-electron chi connectivity index (χ1n) is 5.45. The summed E-state index contributed by atoms with van der Waals surface area (Å²) < 4.78 is 0. The molecule has 0 spiro atoms. The van der Waals surface area contributed by atoms with Crippen LogP contribution in [0.4, 0.5) is 5.82 Å². The van der Waals surface area contributed by atoms with Crippen molar-refractivity contribution in [2.24, 2.45) is 0 Å².